The highest BCUT2D eigenvalue weighted by Crippen LogP contribution is 2.26. The summed E-state index contributed by atoms with van der Waals surface area (Å²) in [5.41, 5.74) is 6.05. The maximum atomic E-state index is 6.24. The molecule has 0 amide bonds. The maximum Gasteiger partial charge on any atom is 0.214 e. The lowest BCUT2D eigenvalue weighted by atomic mass is 10.2. The van der Waals surface area contributed by atoms with Gasteiger partial charge in [0, 0.05) is 26.7 Å². The Kier molecular flexibility index (Phi) is 6.38. The summed E-state index contributed by atoms with van der Waals surface area (Å²) >= 11 is 17.9. The van der Waals surface area contributed by atoms with Crippen molar-refractivity contribution in [2.24, 2.45) is 0 Å². The number of hydrogen-bond donors (Lipinski definition) is 2. The van der Waals surface area contributed by atoms with Gasteiger partial charge < -0.3 is 10.2 Å². The van der Waals surface area contributed by atoms with Crippen molar-refractivity contribution in [3.63, 3.8) is 0 Å². The van der Waals surface area contributed by atoms with E-state index < -0.39 is 0 Å². The molecule has 0 radical (unpaired) electrons. The molecule has 4 rings (SSSR count). The summed E-state index contributed by atoms with van der Waals surface area (Å²) in [6.07, 6.45) is 0. The van der Waals surface area contributed by atoms with Crippen LogP contribution in [-0.4, -0.2) is 14.9 Å². The van der Waals surface area contributed by atoms with E-state index in [0.717, 1.165) is 16.7 Å². The molecule has 0 saturated heterocycles. The maximum absolute atomic E-state index is 6.24. The van der Waals surface area contributed by atoms with Gasteiger partial charge in [-0.25, -0.2) is 9.77 Å². The fourth-order valence-electron chi connectivity index (χ4n) is 2.99. The molecule has 152 valence electrons. The van der Waals surface area contributed by atoms with E-state index >= 15 is 0 Å². The average molecular weight is 457 g/mol. The second kappa shape index (κ2) is 9.34. The molecule has 0 spiro atoms. The van der Waals surface area contributed by atoms with Crippen molar-refractivity contribution in [3.8, 4) is 17.1 Å². The standard InChI is InChI=1S/C22H18Cl2N4OS/c23-18-10-11-20(29-14-16-8-4-5-9-19(16)24)17(12-18)13-25-28-21(26-27-22(28)30)15-6-2-1-3-7-15/h1-12,25H,13-14H2,(H,27,30). The Morgan fingerprint density at radius 1 is 0.967 bits per heavy atom. The van der Waals surface area contributed by atoms with Gasteiger partial charge in [-0.3, -0.25) is 0 Å². The third-order valence-electron chi connectivity index (χ3n) is 4.50. The Morgan fingerprint density at radius 2 is 1.73 bits per heavy atom. The first-order valence-electron chi connectivity index (χ1n) is 9.23. The Balaban J connectivity index is 1.55. The van der Waals surface area contributed by atoms with E-state index in [4.69, 9.17) is 40.2 Å². The van der Waals surface area contributed by atoms with Crippen molar-refractivity contribution in [2.45, 2.75) is 13.2 Å². The van der Waals surface area contributed by atoms with Gasteiger partial charge in [-0.05, 0) is 36.5 Å². The molecule has 0 atom stereocenters. The van der Waals surface area contributed by atoms with E-state index in [9.17, 15) is 0 Å². The van der Waals surface area contributed by atoms with Crippen molar-refractivity contribution in [3.05, 3.63) is 98.7 Å². The van der Waals surface area contributed by atoms with Crippen LogP contribution in [-0.2, 0) is 13.2 Å². The minimum Gasteiger partial charge on any atom is -0.488 e. The van der Waals surface area contributed by atoms with E-state index in [1.165, 1.54) is 0 Å². The first kappa shape index (κ1) is 20.5. The number of halogens is 2. The second-order valence-electron chi connectivity index (χ2n) is 6.52. The van der Waals surface area contributed by atoms with Crippen LogP contribution in [0, 0.1) is 4.77 Å². The van der Waals surface area contributed by atoms with Gasteiger partial charge in [0.15, 0.2) is 5.82 Å². The van der Waals surface area contributed by atoms with Crippen molar-refractivity contribution < 1.29 is 4.74 Å². The predicted octanol–water partition coefficient (Wildman–Crippen LogP) is 6.24. The summed E-state index contributed by atoms with van der Waals surface area (Å²) in [5.74, 6) is 1.41. The first-order valence-corrected chi connectivity index (χ1v) is 10.4. The molecular formula is C22H18Cl2N4OS. The van der Waals surface area contributed by atoms with Gasteiger partial charge >= 0.3 is 0 Å². The fourth-order valence-corrected chi connectivity index (χ4v) is 3.57. The molecule has 2 N–H and O–H groups in total. The van der Waals surface area contributed by atoms with E-state index in [0.29, 0.717) is 39.5 Å². The lowest BCUT2D eigenvalue weighted by Gasteiger charge is -2.15. The van der Waals surface area contributed by atoms with Crippen LogP contribution < -0.4 is 10.2 Å². The van der Waals surface area contributed by atoms with Crippen LogP contribution >= 0.6 is 35.4 Å². The zero-order valence-electron chi connectivity index (χ0n) is 15.8. The zero-order valence-corrected chi connectivity index (χ0v) is 18.1. The van der Waals surface area contributed by atoms with Crippen molar-refractivity contribution in [1.82, 2.24) is 14.9 Å². The number of aromatic amines is 1. The topological polar surface area (TPSA) is 54.9 Å². The zero-order chi connectivity index (χ0) is 20.9. The molecule has 0 unspecified atom stereocenters. The predicted molar refractivity (Wildman–Crippen MR) is 123 cm³/mol. The molecule has 0 fully saturated rings. The number of nitrogens with one attached hydrogen (secondary N) is 2. The van der Waals surface area contributed by atoms with Crippen LogP contribution in [0.1, 0.15) is 11.1 Å². The molecule has 0 saturated carbocycles. The molecule has 30 heavy (non-hydrogen) atoms. The van der Waals surface area contributed by atoms with Crippen LogP contribution in [0.15, 0.2) is 72.8 Å². The summed E-state index contributed by atoms with van der Waals surface area (Å²) in [6.45, 7) is 0.792. The summed E-state index contributed by atoms with van der Waals surface area (Å²) in [5, 5.41) is 8.46. The molecule has 0 aliphatic heterocycles. The Labute approximate surface area is 189 Å². The smallest absolute Gasteiger partial charge is 0.214 e. The third-order valence-corrected chi connectivity index (χ3v) is 5.37. The Bertz CT molecular complexity index is 1210. The number of ether oxygens (including phenoxy) is 1. The highest BCUT2D eigenvalue weighted by molar-refractivity contribution is 7.71. The average Bonchev–Trinajstić information content (AvgIpc) is 3.13. The Morgan fingerprint density at radius 3 is 2.53 bits per heavy atom. The molecule has 0 bridgehead atoms. The van der Waals surface area contributed by atoms with Gasteiger partial charge in [-0.15, -0.1) is 0 Å². The van der Waals surface area contributed by atoms with Crippen LogP contribution in [0.4, 0.5) is 0 Å². The largest absolute Gasteiger partial charge is 0.488 e. The number of H-pyrrole nitrogens is 1. The van der Waals surface area contributed by atoms with Gasteiger partial charge in [0.05, 0.1) is 6.54 Å². The lowest BCUT2D eigenvalue weighted by molar-refractivity contribution is 0.303. The fraction of sp³-hybridized carbons (Fsp3) is 0.0909. The molecule has 1 heterocycles. The first-order chi connectivity index (χ1) is 14.6. The monoisotopic (exact) mass is 456 g/mol. The van der Waals surface area contributed by atoms with E-state index in [-0.39, 0.29) is 0 Å². The second-order valence-corrected chi connectivity index (χ2v) is 7.75. The number of hydrogen-bond acceptors (Lipinski definition) is 4. The summed E-state index contributed by atoms with van der Waals surface area (Å²) < 4.78 is 8.24. The molecule has 4 aromatic rings. The van der Waals surface area contributed by atoms with Crippen LogP contribution in [0.2, 0.25) is 10.0 Å². The number of nitrogens with zero attached hydrogens (tertiary/aromatic N) is 2. The molecule has 1 aromatic heterocycles. The molecule has 5 nitrogen and oxygen atoms in total. The highest BCUT2D eigenvalue weighted by Gasteiger charge is 2.11. The van der Waals surface area contributed by atoms with Crippen LogP contribution in [0.3, 0.4) is 0 Å². The number of benzene rings is 3. The molecule has 8 heteroatoms. The summed E-state index contributed by atoms with van der Waals surface area (Å²) in [7, 11) is 0. The van der Waals surface area contributed by atoms with Gasteiger partial charge in [0.25, 0.3) is 0 Å². The summed E-state index contributed by atoms with van der Waals surface area (Å²) in [6, 6.07) is 22.9. The molecule has 3 aromatic carbocycles. The highest BCUT2D eigenvalue weighted by atomic mass is 35.5. The third kappa shape index (κ3) is 4.67. The molecule has 0 aliphatic carbocycles. The van der Waals surface area contributed by atoms with Gasteiger partial charge in [0.1, 0.15) is 12.4 Å². The normalized spacial score (nSPS) is 10.7. The minimum atomic E-state index is 0.356. The van der Waals surface area contributed by atoms with Gasteiger partial charge in [-0.1, -0.05) is 71.7 Å². The molecular weight excluding hydrogens is 439 g/mol. The van der Waals surface area contributed by atoms with Gasteiger partial charge in [0.2, 0.25) is 4.77 Å². The van der Waals surface area contributed by atoms with E-state index in [1.807, 2.05) is 66.7 Å². The van der Waals surface area contributed by atoms with E-state index in [2.05, 4.69) is 15.6 Å². The van der Waals surface area contributed by atoms with Crippen molar-refractivity contribution in [1.29, 1.82) is 0 Å². The quantitative estimate of drug-likeness (QED) is 0.323. The SMILES string of the molecule is S=c1[nH]nc(-c2ccccc2)n1NCc1cc(Cl)ccc1OCc1ccccc1Cl. The van der Waals surface area contributed by atoms with Crippen LogP contribution in [0.5, 0.6) is 5.75 Å². The van der Waals surface area contributed by atoms with Crippen LogP contribution in [0.25, 0.3) is 11.4 Å². The van der Waals surface area contributed by atoms with Gasteiger partial charge in [-0.2, -0.15) is 5.10 Å². The lowest BCUT2D eigenvalue weighted by Crippen LogP contribution is -2.16. The number of rotatable bonds is 7. The van der Waals surface area contributed by atoms with E-state index in [1.54, 1.807) is 10.7 Å². The summed E-state index contributed by atoms with van der Waals surface area (Å²) in [4.78, 5) is 0. The Hall–Kier alpha value is -2.80. The number of aromatic nitrogens is 3. The van der Waals surface area contributed by atoms with Crippen molar-refractivity contribution in [2.75, 3.05) is 5.43 Å². The molecule has 0 aliphatic rings. The van der Waals surface area contributed by atoms with Crippen molar-refractivity contribution >= 4 is 35.4 Å². The minimum absolute atomic E-state index is 0.356.